The van der Waals surface area contributed by atoms with Crippen LogP contribution in [0.25, 0.3) is 22.2 Å². The van der Waals surface area contributed by atoms with Crippen LogP contribution in [0.5, 0.6) is 0 Å². The standard InChI is InChI=1S/C10H8N4/c1-3-11-10-9(2-4-12-10)8(1)7-5-13-14-6-7/h1-6H,(H,11,12)(H,13,14). The zero-order valence-corrected chi connectivity index (χ0v) is 7.36. The second-order valence-electron chi connectivity index (χ2n) is 3.09. The Morgan fingerprint density at radius 3 is 3.07 bits per heavy atom. The number of hydrogen-bond donors (Lipinski definition) is 2. The van der Waals surface area contributed by atoms with E-state index in [4.69, 9.17) is 0 Å². The van der Waals surface area contributed by atoms with Gasteiger partial charge in [-0.15, -0.1) is 0 Å². The van der Waals surface area contributed by atoms with Crippen LogP contribution in [-0.2, 0) is 0 Å². The van der Waals surface area contributed by atoms with Crippen molar-refractivity contribution in [3.63, 3.8) is 0 Å². The molecular weight excluding hydrogens is 176 g/mol. The molecule has 4 heteroatoms. The van der Waals surface area contributed by atoms with Gasteiger partial charge in [-0.1, -0.05) is 0 Å². The molecule has 3 heterocycles. The minimum absolute atomic E-state index is 0.906. The first-order chi connectivity index (χ1) is 6.95. The Kier molecular flexibility index (Phi) is 1.41. The molecule has 0 unspecified atom stereocenters. The predicted octanol–water partition coefficient (Wildman–Crippen LogP) is 1.95. The summed E-state index contributed by atoms with van der Waals surface area (Å²) in [5.41, 5.74) is 3.13. The molecule has 3 rings (SSSR count). The molecule has 4 nitrogen and oxygen atoms in total. The number of H-pyrrole nitrogens is 2. The molecule has 68 valence electrons. The summed E-state index contributed by atoms with van der Waals surface area (Å²) in [7, 11) is 0. The van der Waals surface area contributed by atoms with Crippen LogP contribution in [0.2, 0.25) is 0 Å². The van der Waals surface area contributed by atoms with Gasteiger partial charge in [-0.3, -0.25) is 5.10 Å². The summed E-state index contributed by atoms with van der Waals surface area (Å²) in [6.07, 6.45) is 7.37. The molecular formula is C10H8N4. The molecule has 0 aromatic carbocycles. The fraction of sp³-hybridized carbons (Fsp3) is 0. The van der Waals surface area contributed by atoms with E-state index in [-0.39, 0.29) is 0 Å². The monoisotopic (exact) mass is 184 g/mol. The van der Waals surface area contributed by atoms with Gasteiger partial charge in [0, 0.05) is 29.5 Å². The van der Waals surface area contributed by atoms with Crippen LogP contribution in [0.1, 0.15) is 0 Å². The molecule has 3 aromatic rings. The van der Waals surface area contributed by atoms with E-state index in [0.717, 1.165) is 22.2 Å². The van der Waals surface area contributed by atoms with Crippen molar-refractivity contribution in [3.05, 3.63) is 36.9 Å². The first-order valence-corrected chi connectivity index (χ1v) is 4.36. The molecule has 0 aliphatic rings. The average molecular weight is 184 g/mol. The van der Waals surface area contributed by atoms with Gasteiger partial charge in [0.25, 0.3) is 0 Å². The summed E-state index contributed by atoms with van der Waals surface area (Å²) in [6.45, 7) is 0. The molecule has 0 bridgehead atoms. The van der Waals surface area contributed by atoms with Crippen LogP contribution >= 0.6 is 0 Å². The molecule has 14 heavy (non-hydrogen) atoms. The highest BCUT2D eigenvalue weighted by Gasteiger charge is 2.04. The number of pyridine rings is 1. The topological polar surface area (TPSA) is 57.4 Å². The number of fused-ring (bicyclic) bond motifs is 1. The smallest absolute Gasteiger partial charge is 0.137 e. The van der Waals surface area contributed by atoms with E-state index in [1.165, 1.54) is 0 Å². The van der Waals surface area contributed by atoms with Crippen LogP contribution in [0.15, 0.2) is 36.9 Å². The maximum Gasteiger partial charge on any atom is 0.137 e. The lowest BCUT2D eigenvalue weighted by atomic mass is 10.1. The van der Waals surface area contributed by atoms with Crippen molar-refractivity contribution in [3.8, 4) is 11.1 Å². The second-order valence-corrected chi connectivity index (χ2v) is 3.09. The number of aromatic amines is 2. The summed E-state index contributed by atoms with van der Waals surface area (Å²) in [5.74, 6) is 0. The van der Waals surface area contributed by atoms with Crippen LogP contribution < -0.4 is 0 Å². The lowest BCUT2D eigenvalue weighted by Crippen LogP contribution is -1.79. The number of aromatic nitrogens is 4. The summed E-state index contributed by atoms with van der Waals surface area (Å²) < 4.78 is 0. The molecule has 0 radical (unpaired) electrons. The van der Waals surface area contributed by atoms with Gasteiger partial charge in [0.1, 0.15) is 5.65 Å². The highest BCUT2D eigenvalue weighted by molar-refractivity contribution is 5.92. The third-order valence-electron chi connectivity index (χ3n) is 2.27. The largest absolute Gasteiger partial charge is 0.346 e. The quantitative estimate of drug-likeness (QED) is 0.607. The Bertz CT molecular complexity index is 550. The average Bonchev–Trinajstić information content (AvgIpc) is 2.88. The molecule has 0 saturated heterocycles. The van der Waals surface area contributed by atoms with Crippen LogP contribution in [0.3, 0.4) is 0 Å². The first kappa shape index (κ1) is 7.32. The third-order valence-corrected chi connectivity index (χ3v) is 2.27. The van der Waals surface area contributed by atoms with Gasteiger partial charge in [0.05, 0.1) is 6.20 Å². The van der Waals surface area contributed by atoms with Crippen molar-refractivity contribution in [2.45, 2.75) is 0 Å². The maximum absolute atomic E-state index is 4.23. The van der Waals surface area contributed by atoms with Crippen molar-refractivity contribution >= 4 is 11.0 Å². The van der Waals surface area contributed by atoms with Crippen molar-refractivity contribution < 1.29 is 0 Å². The minimum Gasteiger partial charge on any atom is -0.346 e. The minimum atomic E-state index is 0.906. The molecule has 0 aliphatic carbocycles. The van der Waals surface area contributed by atoms with E-state index in [1.54, 1.807) is 6.20 Å². The SMILES string of the molecule is c1cc(-c2cn[nH]c2)c2cc[nH]c2n1. The lowest BCUT2D eigenvalue weighted by Gasteiger charge is -1.97. The molecule has 0 amide bonds. The Balaban J connectivity index is 2.36. The van der Waals surface area contributed by atoms with Crippen molar-refractivity contribution in [1.29, 1.82) is 0 Å². The van der Waals surface area contributed by atoms with E-state index >= 15 is 0 Å². The molecule has 0 aliphatic heterocycles. The Hall–Kier alpha value is -2.10. The van der Waals surface area contributed by atoms with Crippen LogP contribution in [0, 0.1) is 0 Å². The van der Waals surface area contributed by atoms with E-state index < -0.39 is 0 Å². The van der Waals surface area contributed by atoms with Crippen LogP contribution in [-0.4, -0.2) is 20.2 Å². The highest BCUT2D eigenvalue weighted by Crippen LogP contribution is 2.25. The van der Waals surface area contributed by atoms with E-state index in [1.807, 2.05) is 30.7 Å². The normalized spacial score (nSPS) is 10.9. The fourth-order valence-corrected chi connectivity index (χ4v) is 1.61. The molecule has 0 atom stereocenters. The molecule has 2 N–H and O–H groups in total. The molecule has 0 fully saturated rings. The number of nitrogens with one attached hydrogen (secondary N) is 2. The predicted molar refractivity (Wildman–Crippen MR) is 53.7 cm³/mol. The summed E-state index contributed by atoms with van der Waals surface area (Å²) in [6, 6.07) is 4.01. The summed E-state index contributed by atoms with van der Waals surface area (Å²) in [4.78, 5) is 7.31. The van der Waals surface area contributed by atoms with E-state index in [9.17, 15) is 0 Å². The fourth-order valence-electron chi connectivity index (χ4n) is 1.61. The highest BCUT2D eigenvalue weighted by atomic mass is 15.1. The molecule has 0 saturated carbocycles. The van der Waals surface area contributed by atoms with Gasteiger partial charge in [-0.2, -0.15) is 5.10 Å². The summed E-state index contributed by atoms with van der Waals surface area (Å²) in [5, 5.41) is 7.86. The van der Waals surface area contributed by atoms with E-state index in [0.29, 0.717) is 0 Å². The van der Waals surface area contributed by atoms with Gasteiger partial charge < -0.3 is 4.98 Å². The zero-order valence-electron chi connectivity index (χ0n) is 7.36. The third kappa shape index (κ3) is 0.939. The van der Waals surface area contributed by atoms with Crippen LogP contribution in [0.4, 0.5) is 0 Å². The Morgan fingerprint density at radius 2 is 2.21 bits per heavy atom. The van der Waals surface area contributed by atoms with Crippen molar-refractivity contribution in [2.24, 2.45) is 0 Å². The number of hydrogen-bond acceptors (Lipinski definition) is 2. The van der Waals surface area contributed by atoms with Gasteiger partial charge in [-0.05, 0) is 17.7 Å². The Morgan fingerprint density at radius 1 is 1.21 bits per heavy atom. The van der Waals surface area contributed by atoms with Gasteiger partial charge in [0.15, 0.2) is 0 Å². The molecule has 0 spiro atoms. The van der Waals surface area contributed by atoms with Gasteiger partial charge in [0.2, 0.25) is 0 Å². The first-order valence-electron chi connectivity index (χ1n) is 4.36. The molecule has 3 aromatic heterocycles. The maximum atomic E-state index is 4.23. The van der Waals surface area contributed by atoms with E-state index in [2.05, 4.69) is 20.2 Å². The second kappa shape index (κ2) is 2.70. The van der Waals surface area contributed by atoms with Gasteiger partial charge >= 0.3 is 0 Å². The zero-order chi connectivity index (χ0) is 9.38. The van der Waals surface area contributed by atoms with Gasteiger partial charge in [-0.25, -0.2) is 4.98 Å². The number of nitrogens with zero attached hydrogens (tertiary/aromatic N) is 2. The van der Waals surface area contributed by atoms with Crippen molar-refractivity contribution in [1.82, 2.24) is 20.2 Å². The van der Waals surface area contributed by atoms with Crippen molar-refractivity contribution in [2.75, 3.05) is 0 Å². The Labute approximate surface area is 80.0 Å². The number of rotatable bonds is 1. The summed E-state index contributed by atoms with van der Waals surface area (Å²) >= 11 is 0. The lowest BCUT2D eigenvalue weighted by molar-refractivity contribution is 1.09.